The van der Waals surface area contributed by atoms with Crippen LogP contribution >= 0.6 is 11.6 Å². The van der Waals surface area contributed by atoms with Crippen LogP contribution in [0.5, 0.6) is 0 Å². The molecule has 0 saturated heterocycles. The van der Waals surface area contributed by atoms with E-state index in [-0.39, 0.29) is 24.2 Å². The van der Waals surface area contributed by atoms with Gasteiger partial charge in [-0.25, -0.2) is 0 Å². The van der Waals surface area contributed by atoms with Gasteiger partial charge in [-0.3, -0.25) is 9.69 Å². The topological polar surface area (TPSA) is 71.3 Å². The van der Waals surface area contributed by atoms with Crippen molar-refractivity contribution >= 4 is 23.2 Å². The van der Waals surface area contributed by atoms with Gasteiger partial charge in [0.15, 0.2) is 5.82 Å². The lowest BCUT2D eigenvalue weighted by Gasteiger charge is -2.21. The van der Waals surface area contributed by atoms with Gasteiger partial charge < -0.3 is 9.84 Å². The SMILES string of the molecule is CC(C)c1noc([C@H](C)N(C)CC(=O)Nc2ccc(Cl)c(C(F)(F)F)c2)n1. The summed E-state index contributed by atoms with van der Waals surface area (Å²) in [6.45, 7) is 5.56. The average Bonchev–Trinajstić information content (AvgIpc) is 3.05. The molecule has 1 amide bonds. The van der Waals surface area contributed by atoms with Crippen molar-refractivity contribution in [2.24, 2.45) is 0 Å². The molecule has 2 rings (SSSR count). The van der Waals surface area contributed by atoms with Crippen molar-refractivity contribution in [3.63, 3.8) is 0 Å². The molecule has 2 aromatic rings. The van der Waals surface area contributed by atoms with Crippen molar-refractivity contribution in [2.45, 2.75) is 38.9 Å². The number of carbonyl (C=O) groups excluding carboxylic acids is 1. The van der Waals surface area contributed by atoms with E-state index in [2.05, 4.69) is 15.5 Å². The number of alkyl halides is 3. The van der Waals surface area contributed by atoms with Crippen molar-refractivity contribution in [2.75, 3.05) is 18.9 Å². The Kier molecular flexibility index (Phi) is 6.48. The Labute approximate surface area is 159 Å². The molecule has 0 radical (unpaired) electrons. The largest absolute Gasteiger partial charge is 0.417 e. The molecule has 0 unspecified atom stereocenters. The lowest BCUT2D eigenvalue weighted by atomic mass is 10.2. The van der Waals surface area contributed by atoms with Crippen molar-refractivity contribution in [3.05, 3.63) is 40.5 Å². The summed E-state index contributed by atoms with van der Waals surface area (Å²) in [7, 11) is 1.67. The molecule has 0 saturated carbocycles. The first-order valence-electron chi connectivity index (χ1n) is 8.19. The average molecular weight is 405 g/mol. The van der Waals surface area contributed by atoms with Crippen LogP contribution in [-0.4, -0.2) is 34.5 Å². The Morgan fingerprint density at radius 2 is 2.00 bits per heavy atom. The molecule has 10 heteroatoms. The molecule has 0 bridgehead atoms. The van der Waals surface area contributed by atoms with E-state index in [0.717, 1.165) is 12.1 Å². The molecular weight excluding hydrogens is 385 g/mol. The third kappa shape index (κ3) is 5.43. The summed E-state index contributed by atoms with van der Waals surface area (Å²) in [6.07, 6.45) is -4.60. The van der Waals surface area contributed by atoms with E-state index >= 15 is 0 Å². The number of carbonyl (C=O) groups is 1. The number of rotatable bonds is 6. The third-order valence-electron chi connectivity index (χ3n) is 3.94. The van der Waals surface area contributed by atoms with Crippen LogP contribution in [0.2, 0.25) is 5.02 Å². The molecule has 1 aromatic heterocycles. The second kappa shape index (κ2) is 8.26. The zero-order valence-corrected chi connectivity index (χ0v) is 16.0. The molecule has 0 aliphatic carbocycles. The molecule has 1 aromatic carbocycles. The monoisotopic (exact) mass is 404 g/mol. The highest BCUT2D eigenvalue weighted by atomic mass is 35.5. The lowest BCUT2D eigenvalue weighted by molar-refractivity contribution is -0.137. The van der Waals surface area contributed by atoms with Gasteiger partial charge in [0.25, 0.3) is 0 Å². The Morgan fingerprint density at radius 3 is 2.56 bits per heavy atom. The quantitative estimate of drug-likeness (QED) is 0.767. The van der Waals surface area contributed by atoms with Crippen LogP contribution in [0, 0.1) is 0 Å². The molecular formula is C17H20ClF3N4O2. The molecule has 6 nitrogen and oxygen atoms in total. The lowest BCUT2D eigenvalue weighted by Crippen LogP contribution is -2.32. The maximum atomic E-state index is 12.9. The van der Waals surface area contributed by atoms with Crippen molar-refractivity contribution in [1.82, 2.24) is 15.0 Å². The van der Waals surface area contributed by atoms with Crippen LogP contribution in [0.25, 0.3) is 0 Å². The van der Waals surface area contributed by atoms with Crippen molar-refractivity contribution < 1.29 is 22.5 Å². The third-order valence-corrected chi connectivity index (χ3v) is 4.27. The molecule has 0 fully saturated rings. The number of likely N-dealkylation sites (N-methyl/N-ethyl adjacent to an activating group) is 1. The van der Waals surface area contributed by atoms with E-state index in [1.54, 1.807) is 18.9 Å². The first kappa shape index (κ1) is 21.2. The van der Waals surface area contributed by atoms with Crippen LogP contribution in [0.1, 0.15) is 50.0 Å². The predicted octanol–water partition coefficient (Wildman–Crippen LogP) is 4.50. The van der Waals surface area contributed by atoms with Crippen LogP contribution in [0.3, 0.4) is 0 Å². The van der Waals surface area contributed by atoms with Crippen molar-refractivity contribution in [1.29, 1.82) is 0 Å². The second-order valence-corrected chi connectivity index (χ2v) is 6.88. The molecule has 1 heterocycles. The Balaban J connectivity index is 2.02. The normalized spacial score (nSPS) is 13.3. The van der Waals surface area contributed by atoms with Crippen LogP contribution < -0.4 is 5.32 Å². The number of benzene rings is 1. The van der Waals surface area contributed by atoms with Crippen LogP contribution in [0.4, 0.5) is 18.9 Å². The van der Waals surface area contributed by atoms with Gasteiger partial charge in [-0.15, -0.1) is 0 Å². The highest BCUT2D eigenvalue weighted by Gasteiger charge is 2.33. The number of nitrogens with one attached hydrogen (secondary N) is 1. The van der Waals surface area contributed by atoms with Gasteiger partial charge in [0.1, 0.15) is 0 Å². The number of nitrogens with zero attached hydrogens (tertiary/aromatic N) is 3. The van der Waals surface area contributed by atoms with E-state index < -0.39 is 22.7 Å². The minimum Gasteiger partial charge on any atom is -0.338 e. The van der Waals surface area contributed by atoms with Gasteiger partial charge in [0.05, 0.1) is 23.2 Å². The number of hydrogen-bond donors (Lipinski definition) is 1. The zero-order valence-electron chi connectivity index (χ0n) is 15.3. The van der Waals surface area contributed by atoms with E-state index in [1.165, 1.54) is 6.07 Å². The summed E-state index contributed by atoms with van der Waals surface area (Å²) in [5.41, 5.74) is -0.992. The standard InChI is InChI=1S/C17H20ClF3N4O2/c1-9(2)15-23-16(27-24-15)10(3)25(4)8-14(26)22-11-5-6-13(18)12(7-11)17(19,20)21/h5-7,9-10H,8H2,1-4H3,(H,22,26)/t10-/m0/s1. The number of hydrogen-bond acceptors (Lipinski definition) is 5. The zero-order chi connectivity index (χ0) is 20.4. The van der Waals surface area contributed by atoms with E-state index in [0.29, 0.717) is 11.7 Å². The summed E-state index contributed by atoms with van der Waals surface area (Å²) >= 11 is 5.57. The highest BCUT2D eigenvalue weighted by molar-refractivity contribution is 6.31. The van der Waals surface area contributed by atoms with Crippen LogP contribution in [-0.2, 0) is 11.0 Å². The molecule has 148 valence electrons. The molecule has 0 aliphatic heterocycles. The summed E-state index contributed by atoms with van der Waals surface area (Å²) in [6, 6.07) is 2.87. The molecule has 1 atom stereocenters. The smallest absolute Gasteiger partial charge is 0.338 e. The van der Waals surface area contributed by atoms with E-state index in [1.807, 2.05) is 13.8 Å². The number of halogens is 4. The van der Waals surface area contributed by atoms with E-state index in [9.17, 15) is 18.0 Å². The van der Waals surface area contributed by atoms with E-state index in [4.69, 9.17) is 16.1 Å². The first-order chi connectivity index (χ1) is 12.5. The Hall–Kier alpha value is -2.13. The maximum absolute atomic E-state index is 12.9. The fourth-order valence-electron chi connectivity index (χ4n) is 2.22. The number of amides is 1. The first-order valence-corrected chi connectivity index (χ1v) is 8.57. The van der Waals surface area contributed by atoms with Gasteiger partial charge in [0.2, 0.25) is 11.8 Å². The van der Waals surface area contributed by atoms with Crippen LogP contribution in [0.15, 0.2) is 22.7 Å². The van der Waals surface area contributed by atoms with Gasteiger partial charge in [0, 0.05) is 11.6 Å². The van der Waals surface area contributed by atoms with Gasteiger partial charge in [-0.2, -0.15) is 18.2 Å². The number of aromatic nitrogens is 2. The fraction of sp³-hybridized carbons (Fsp3) is 0.471. The van der Waals surface area contributed by atoms with Crippen molar-refractivity contribution in [3.8, 4) is 0 Å². The summed E-state index contributed by atoms with van der Waals surface area (Å²) in [4.78, 5) is 18.1. The van der Waals surface area contributed by atoms with Gasteiger partial charge >= 0.3 is 6.18 Å². The highest BCUT2D eigenvalue weighted by Crippen LogP contribution is 2.36. The van der Waals surface area contributed by atoms with Gasteiger partial charge in [-0.05, 0) is 32.2 Å². The Morgan fingerprint density at radius 1 is 1.33 bits per heavy atom. The fourth-order valence-corrected chi connectivity index (χ4v) is 2.45. The Bertz CT molecular complexity index is 808. The summed E-state index contributed by atoms with van der Waals surface area (Å²) in [5.74, 6) is 0.551. The minimum atomic E-state index is -4.60. The van der Waals surface area contributed by atoms with Gasteiger partial charge in [-0.1, -0.05) is 30.6 Å². The molecule has 0 aliphatic rings. The minimum absolute atomic E-state index is 0.0117. The summed E-state index contributed by atoms with van der Waals surface area (Å²) in [5, 5.41) is 5.88. The molecule has 27 heavy (non-hydrogen) atoms. The number of anilines is 1. The maximum Gasteiger partial charge on any atom is 0.417 e. The summed E-state index contributed by atoms with van der Waals surface area (Å²) < 4.78 is 43.9. The predicted molar refractivity (Wildman–Crippen MR) is 94.5 cm³/mol. The second-order valence-electron chi connectivity index (χ2n) is 6.48. The molecule has 1 N–H and O–H groups in total. The molecule has 0 spiro atoms.